The highest BCUT2D eigenvalue weighted by Gasteiger charge is 2.15. The van der Waals surface area contributed by atoms with Crippen LogP contribution in [0, 0.1) is 0 Å². The maximum absolute atomic E-state index is 10.8. The van der Waals surface area contributed by atoms with E-state index in [0.29, 0.717) is 18.3 Å². The summed E-state index contributed by atoms with van der Waals surface area (Å²) in [4.78, 5) is 20.6. The fourth-order valence-electron chi connectivity index (χ4n) is 1.43. The number of aromatic nitrogens is 2. The molecule has 0 aliphatic rings. The molecule has 1 aromatic rings. The van der Waals surface area contributed by atoms with Crippen LogP contribution in [0.3, 0.4) is 0 Å². The molecule has 0 fully saturated rings. The molecule has 0 amide bonds. The number of hydrogen-bond acceptors (Lipinski definition) is 6. The maximum atomic E-state index is 10.8. The molecular weight excluding hydrogens is 238 g/mol. The lowest BCUT2D eigenvalue weighted by atomic mass is 10.4. The lowest BCUT2D eigenvalue weighted by Crippen LogP contribution is -2.32. The minimum absolute atomic E-state index is 0.163. The van der Waals surface area contributed by atoms with Crippen LogP contribution in [0.2, 0.25) is 0 Å². The minimum atomic E-state index is -0.936. The van der Waals surface area contributed by atoms with Crippen LogP contribution >= 0.6 is 0 Å². The minimum Gasteiger partial charge on any atom is -0.481 e. The summed E-state index contributed by atoms with van der Waals surface area (Å²) in [6.07, 6.45) is 0.788. The van der Waals surface area contributed by atoms with Crippen molar-refractivity contribution in [2.24, 2.45) is 0 Å². The topological polar surface area (TPSA) is 84.8 Å². The molecule has 0 saturated heterocycles. The Morgan fingerprint density at radius 3 is 2.28 bits per heavy atom. The van der Waals surface area contributed by atoms with Crippen molar-refractivity contribution in [1.29, 1.82) is 0 Å². The van der Waals surface area contributed by atoms with Crippen molar-refractivity contribution in [3.05, 3.63) is 6.07 Å². The summed E-state index contributed by atoms with van der Waals surface area (Å²) in [6, 6.07) is 1.54. The number of rotatable bonds is 7. The lowest BCUT2D eigenvalue weighted by molar-refractivity contribution is -0.135. The van der Waals surface area contributed by atoms with E-state index in [1.165, 1.54) is 20.3 Å². The normalized spacial score (nSPS) is 9.94. The van der Waals surface area contributed by atoms with E-state index in [-0.39, 0.29) is 12.5 Å². The highest BCUT2D eigenvalue weighted by molar-refractivity contribution is 5.72. The van der Waals surface area contributed by atoms with Crippen molar-refractivity contribution in [3.8, 4) is 11.8 Å². The van der Waals surface area contributed by atoms with Gasteiger partial charge in [-0.25, -0.2) is 0 Å². The summed E-state index contributed by atoms with van der Waals surface area (Å²) in [5.41, 5.74) is 0. The van der Waals surface area contributed by atoms with Gasteiger partial charge in [0.1, 0.15) is 6.54 Å². The zero-order valence-electron chi connectivity index (χ0n) is 10.7. The van der Waals surface area contributed by atoms with Crippen LogP contribution in [-0.2, 0) is 4.79 Å². The molecule has 1 N–H and O–H groups in total. The number of ether oxygens (including phenoxy) is 2. The number of carboxylic acid groups (broad SMARTS) is 1. The molecule has 0 saturated carbocycles. The van der Waals surface area contributed by atoms with E-state index in [0.717, 1.165) is 6.42 Å². The zero-order chi connectivity index (χ0) is 13.5. The second kappa shape index (κ2) is 6.63. The summed E-state index contributed by atoms with van der Waals surface area (Å²) in [5.74, 6) is 0.0240. The zero-order valence-corrected chi connectivity index (χ0v) is 10.7. The van der Waals surface area contributed by atoms with Crippen molar-refractivity contribution in [2.75, 3.05) is 32.2 Å². The van der Waals surface area contributed by atoms with Crippen LogP contribution < -0.4 is 14.4 Å². The van der Waals surface area contributed by atoms with Gasteiger partial charge in [-0.15, -0.1) is 0 Å². The van der Waals surface area contributed by atoms with Gasteiger partial charge in [0.05, 0.1) is 20.3 Å². The van der Waals surface area contributed by atoms with Crippen molar-refractivity contribution in [2.45, 2.75) is 13.3 Å². The number of carbonyl (C=O) groups is 1. The molecule has 0 spiro atoms. The first-order valence-corrected chi connectivity index (χ1v) is 5.54. The van der Waals surface area contributed by atoms with Crippen LogP contribution in [-0.4, -0.2) is 48.4 Å². The van der Waals surface area contributed by atoms with Crippen LogP contribution in [0.5, 0.6) is 11.8 Å². The molecule has 0 bridgehead atoms. The van der Waals surface area contributed by atoms with Gasteiger partial charge in [0, 0.05) is 6.54 Å². The van der Waals surface area contributed by atoms with E-state index < -0.39 is 5.97 Å². The van der Waals surface area contributed by atoms with Crippen LogP contribution in [0.15, 0.2) is 6.07 Å². The Kier molecular flexibility index (Phi) is 5.16. The van der Waals surface area contributed by atoms with Crippen LogP contribution in [0.4, 0.5) is 5.95 Å². The molecule has 1 aromatic heterocycles. The molecule has 0 aliphatic carbocycles. The predicted octanol–water partition coefficient (Wildman–Crippen LogP) is 0.795. The highest BCUT2D eigenvalue weighted by atomic mass is 16.5. The molecule has 18 heavy (non-hydrogen) atoms. The number of methoxy groups -OCH3 is 2. The average Bonchev–Trinajstić information content (AvgIpc) is 2.37. The summed E-state index contributed by atoms with van der Waals surface area (Å²) in [5, 5.41) is 8.87. The summed E-state index contributed by atoms with van der Waals surface area (Å²) >= 11 is 0. The van der Waals surface area contributed by atoms with Gasteiger partial charge >= 0.3 is 5.97 Å². The Balaban J connectivity index is 3.05. The summed E-state index contributed by atoms with van der Waals surface area (Å²) in [6.45, 7) is 2.33. The van der Waals surface area contributed by atoms with E-state index in [2.05, 4.69) is 9.97 Å². The smallest absolute Gasteiger partial charge is 0.323 e. The maximum Gasteiger partial charge on any atom is 0.323 e. The molecule has 100 valence electrons. The molecule has 1 heterocycles. The number of anilines is 1. The summed E-state index contributed by atoms with van der Waals surface area (Å²) in [7, 11) is 2.96. The Morgan fingerprint density at radius 2 is 1.89 bits per heavy atom. The average molecular weight is 255 g/mol. The Hall–Kier alpha value is -2.05. The van der Waals surface area contributed by atoms with Crippen molar-refractivity contribution < 1.29 is 19.4 Å². The molecule has 0 radical (unpaired) electrons. The van der Waals surface area contributed by atoms with Crippen molar-refractivity contribution in [3.63, 3.8) is 0 Å². The van der Waals surface area contributed by atoms with E-state index >= 15 is 0 Å². The Bertz CT molecular complexity index is 389. The van der Waals surface area contributed by atoms with Gasteiger partial charge < -0.3 is 19.5 Å². The third kappa shape index (κ3) is 3.76. The molecular formula is C11H17N3O4. The predicted molar refractivity (Wildman–Crippen MR) is 65.3 cm³/mol. The highest BCUT2D eigenvalue weighted by Crippen LogP contribution is 2.20. The van der Waals surface area contributed by atoms with Gasteiger partial charge in [-0.3, -0.25) is 4.79 Å². The summed E-state index contributed by atoms with van der Waals surface area (Å²) < 4.78 is 10.1. The Labute approximate surface area is 105 Å². The lowest BCUT2D eigenvalue weighted by Gasteiger charge is -2.20. The fraction of sp³-hybridized carbons (Fsp3) is 0.545. The Morgan fingerprint density at radius 1 is 1.33 bits per heavy atom. The fourth-order valence-corrected chi connectivity index (χ4v) is 1.43. The molecule has 7 heteroatoms. The quantitative estimate of drug-likeness (QED) is 0.771. The molecule has 1 rings (SSSR count). The third-order valence-corrected chi connectivity index (χ3v) is 2.19. The van der Waals surface area contributed by atoms with E-state index in [1.807, 2.05) is 6.92 Å². The van der Waals surface area contributed by atoms with Gasteiger partial charge in [-0.1, -0.05) is 6.92 Å². The molecule has 7 nitrogen and oxygen atoms in total. The first-order valence-electron chi connectivity index (χ1n) is 5.54. The van der Waals surface area contributed by atoms with E-state index in [1.54, 1.807) is 4.90 Å². The van der Waals surface area contributed by atoms with Gasteiger partial charge in [-0.05, 0) is 6.42 Å². The third-order valence-electron chi connectivity index (χ3n) is 2.19. The molecule has 0 aliphatic heterocycles. The van der Waals surface area contributed by atoms with Crippen molar-refractivity contribution >= 4 is 11.9 Å². The second-order valence-electron chi connectivity index (χ2n) is 3.57. The standard InChI is InChI=1S/C11H17N3O4/c1-4-5-14(7-10(15)16)11-12-8(17-2)6-9(13-11)18-3/h6H,4-5,7H2,1-3H3,(H,15,16). The van der Waals surface area contributed by atoms with Gasteiger partial charge in [0.15, 0.2) is 0 Å². The van der Waals surface area contributed by atoms with E-state index in [4.69, 9.17) is 14.6 Å². The largest absolute Gasteiger partial charge is 0.481 e. The van der Waals surface area contributed by atoms with Crippen LogP contribution in [0.25, 0.3) is 0 Å². The first kappa shape index (κ1) is 14.0. The van der Waals surface area contributed by atoms with Gasteiger partial charge in [0.2, 0.25) is 17.7 Å². The number of carboxylic acids is 1. The number of hydrogen-bond donors (Lipinski definition) is 1. The number of aliphatic carboxylic acids is 1. The van der Waals surface area contributed by atoms with Gasteiger partial charge in [-0.2, -0.15) is 9.97 Å². The number of nitrogens with zero attached hydrogens (tertiary/aromatic N) is 3. The van der Waals surface area contributed by atoms with E-state index in [9.17, 15) is 4.79 Å². The first-order chi connectivity index (χ1) is 8.60. The van der Waals surface area contributed by atoms with Crippen LogP contribution in [0.1, 0.15) is 13.3 Å². The van der Waals surface area contributed by atoms with Gasteiger partial charge in [0.25, 0.3) is 0 Å². The molecule has 0 unspecified atom stereocenters. The molecule has 0 aromatic carbocycles. The SMILES string of the molecule is CCCN(CC(=O)O)c1nc(OC)cc(OC)n1. The molecule has 0 atom stereocenters. The second-order valence-corrected chi connectivity index (χ2v) is 3.57. The monoisotopic (exact) mass is 255 g/mol. The van der Waals surface area contributed by atoms with Crippen molar-refractivity contribution in [1.82, 2.24) is 9.97 Å².